The molecule has 0 atom stereocenters. The van der Waals surface area contributed by atoms with Gasteiger partial charge in [0.1, 0.15) is 0 Å². The van der Waals surface area contributed by atoms with Crippen LogP contribution in [0, 0.1) is 10.1 Å². The van der Waals surface area contributed by atoms with Crippen molar-refractivity contribution in [2.75, 3.05) is 4.84 Å². The third-order valence-corrected chi connectivity index (χ3v) is 1.10. The van der Waals surface area contributed by atoms with Crippen molar-refractivity contribution in [1.29, 1.82) is 0 Å². The van der Waals surface area contributed by atoms with Crippen LogP contribution in [0.3, 0.4) is 0 Å². The summed E-state index contributed by atoms with van der Waals surface area (Å²) in [5.74, 6) is 0. The maximum atomic E-state index is 8.00. The second-order valence-corrected chi connectivity index (χ2v) is 1.72. The number of nitrogens with zero attached hydrogens (tertiary/aromatic N) is 1. The van der Waals surface area contributed by atoms with Crippen LogP contribution in [0.15, 0.2) is 35.7 Å². The van der Waals surface area contributed by atoms with Crippen LogP contribution in [-0.2, 0) is 0 Å². The van der Waals surface area contributed by atoms with E-state index in [1.807, 2.05) is 30.3 Å². The van der Waals surface area contributed by atoms with Crippen molar-refractivity contribution in [2.45, 2.75) is 0 Å². The molecule has 6 heteroatoms. The summed E-state index contributed by atoms with van der Waals surface area (Å²) in [5, 5.41) is 9.00. The van der Waals surface area contributed by atoms with Gasteiger partial charge in [0.05, 0.1) is 0 Å². The van der Waals surface area contributed by atoms with Gasteiger partial charge in [-0.05, 0) is 12.1 Å². The van der Waals surface area contributed by atoms with E-state index in [0.29, 0.717) is 0 Å². The van der Waals surface area contributed by atoms with Crippen molar-refractivity contribution in [1.82, 2.24) is 0 Å². The summed E-state index contributed by atoms with van der Waals surface area (Å²) in [6.45, 7) is 0. The van der Waals surface area contributed by atoms with Gasteiger partial charge in [-0.2, -0.15) is 0 Å². The fraction of sp³-hybridized carbons (Fsp3) is 0. The molecule has 0 aliphatic carbocycles. The predicted molar refractivity (Wildman–Crippen MR) is 45.1 cm³/mol. The average Bonchev–Trinajstić information content (AvgIpc) is 2.08. The van der Waals surface area contributed by atoms with Gasteiger partial charge in [-0.25, -0.2) is 0 Å². The Bertz CT molecular complexity index is 198. The van der Waals surface area contributed by atoms with Gasteiger partial charge in [0.15, 0.2) is 0 Å². The van der Waals surface area contributed by atoms with E-state index in [0.717, 1.165) is 11.0 Å². The van der Waals surface area contributed by atoms with Crippen LogP contribution < -0.4 is 34.4 Å². The molecule has 1 aromatic rings. The molecule has 1 N–H and O–H groups in total. The van der Waals surface area contributed by atoms with Gasteiger partial charge in [0.25, 0.3) is 0 Å². The minimum absolute atomic E-state index is 0. The fourth-order valence-corrected chi connectivity index (χ4v) is 0.627. The number of hydrogen-bond acceptors (Lipinski definition) is 4. The molecule has 0 aliphatic heterocycles. The van der Waals surface area contributed by atoms with Crippen LogP contribution >= 0.6 is 11.8 Å². The molecule has 12 heavy (non-hydrogen) atoms. The summed E-state index contributed by atoms with van der Waals surface area (Å²) in [4.78, 5) is 10.5. The van der Waals surface area contributed by atoms with Gasteiger partial charge in [-0.15, -0.1) is 5.34 Å². The predicted octanol–water partition coefficient (Wildman–Crippen LogP) is -0.493. The Kier molecular flexibility index (Phi) is 12.7. The third kappa shape index (κ3) is 7.81. The topological polar surface area (TPSA) is 64.5 Å². The zero-order valence-corrected chi connectivity index (χ0v) is 9.28. The molecule has 0 unspecified atom stereocenters. The van der Waals surface area contributed by atoms with Crippen LogP contribution in [-0.4, -0.2) is 0 Å². The van der Waals surface area contributed by atoms with Crippen LogP contribution in [0.25, 0.3) is 0 Å². The summed E-state index contributed by atoms with van der Waals surface area (Å²) in [6.07, 6.45) is 0. The van der Waals surface area contributed by atoms with E-state index in [-0.39, 0.29) is 29.6 Å². The number of anilines is 1. The molecule has 0 saturated heterocycles. The van der Waals surface area contributed by atoms with Crippen LogP contribution in [0.5, 0.6) is 0 Å². The molecule has 0 spiro atoms. The molecule has 0 aliphatic rings. The van der Waals surface area contributed by atoms with Gasteiger partial charge in [0.2, 0.25) is 0 Å². The van der Waals surface area contributed by atoms with Gasteiger partial charge in [-0.3, -0.25) is 4.84 Å². The molecular formula is C6H6ClN2NaO2. The van der Waals surface area contributed by atoms with E-state index in [9.17, 15) is 0 Å². The molecule has 0 radical (unpaired) electrons. The summed E-state index contributed by atoms with van der Waals surface area (Å²) in [7, 11) is 0. The maximum absolute atomic E-state index is 8.00. The summed E-state index contributed by atoms with van der Waals surface area (Å²) < 4.78 is 0. The van der Waals surface area contributed by atoms with Crippen molar-refractivity contribution >= 4 is 17.5 Å². The number of nitrogens with one attached hydrogen (secondary N) is 1. The second kappa shape index (κ2) is 10.7. The standard InChI is InChI=1S/C6H6ClN.HNO2.Na/c7-8-6-4-2-1-3-5-6;2-1-3;/h1-5,8H;(H,2,3);/q;;+1/p-1. The quantitative estimate of drug-likeness (QED) is 0.285. The number of benzene rings is 1. The largest absolute Gasteiger partial charge is 1.00 e. The second-order valence-electron chi connectivity index (χ2n) is 1.54. The average molecular weight is 197 g/mol. The molecule has 1 aromatic carbocycles. The van der Waals surface area contributed by atoms with Crippen LogP contribution in [0.4, 0.5) is 5.69 Å². The van der Waals surface area contributed by atoms with Gasteiger partial charge in [0, 0.05) is 17.5 Å². The number of rotatable bonds is 1. The van der Waals surface area contributed by atoms with Crippen molar-refractivity contribution in [3.63, 3.8) is 0 Å². The summed E-state index contributed by atoms with van der Waals surface area (Å²) in [5.41, 5.74) is 0.925. The first kappa shape index (κ1) is 14.2. The fourth-order valence-electron chi connectivity index (χ4n) is 0.501. The third-order valence-electron chi connectivity index (χ3n) is 0.883. The van der Waals surface area contributed by atoms with Crippen molar-refractivity contribution in [3.05, 3.63) is 40.4 Å². The first-order chi connectivity index (χ1) is 5.35. The molecule has 0 saturated carbocycles. The molecule has 1 rings (SSSR count). The first-order valence-electron chi connectivity index (χ1n) is 2.71. The molecule has 0 amide bonds. The molecule has 0 fully saturated rings. The van der Waals surface area contributed by atoms with Crippen molar-refractivity contribution < 1.29 is 29.6 Å². The van der Waals surface area contributed by atoms with E-state index < -0.39 is 0 Å². The van der Waals surface area contributed by atoms with E-state index in [1.54, 1.807) is 0 Å². The van der Waals surface area contributed by atoms with Crippen LogP contribution in [0.1, 0.15) is 0 Å². The Hall–Kier alpha value is -0.290. The van der Waals surface area contributed by atoms with E-state index in [1.165, 1.54) is 0 Å². The van der Waals surface area contributed by atoms with E-state index >= 15 is 0 Å². The number of para-hydroxylation sites is 1. The number of hydrogen-bond donors (Lipinski definition) is 1. The Balaban J connectivity index is 0. The maximum Gasteiger partial charge on any atom is 1.00 e. The van der Waals surface area contributed by atoms with Gasteiger partial charge >= 0.3 is 29.6 Å². The minimum atomic E-state index is 0. The van der Waals surface area contributed by atoms with Crippen molar-refractivity contribution in [3.8, 4) is 0 Å². The Morgan fingerprint density at radius 1 is 1.33 bits per heavy atom. The van der Waals surface area contributed by atoms with Gasteiger partial charge < -0.3 is 10.1 Å². The Labute approximate surface area is 97.3 Å². The van der Waals surface area contributed by atoms with Crippen LogP contribution in [0.2, 0.25) is 0 Å². The van der Waals surface area contributed by atoms with Crippen molar-refractivity contribution in [2.24, 2.45) is 5.34 Å². The smallest absolute Gasteiger partial charge is 0.444 e. The summed E-state index contributed by atoms with van der Waals surface area (Å²) >= 11 is 5.28. The Morgan fingerprint density at radius 3 is 2.00 bits per heavy atom. The molecule has 0 aromatic heterocycles. The molecule has 4 nitrogen and oxygen atoms in total. The van der Waals surface area contributed by atoms with E-state index in [4.69, 9.17) is 21.9 Å². The molecular weight excluding hydrogens is 191 g/mol. The summed E-state index contributed by atoms with van der Waals surface area (Å²) in [6, 6.07) is 9.58. The monoisotopic (exact) mass is 196 g/mol. The molecule has 0 heterocycles. The molecule has 0 bridgehead atoms. The Morgan fingerprint density at radius 2 is 1.75 bits per heavy atom. The zero-order chi connectivity index (χ0) is 8.53. The normalized spacial score (nSPS) is 6.75. The first-order valence-corrected chi connectivity index (χ1v) is 3.09. The zero-order valence-electron chi connectivity index (χ0n) is 6.53. The van der Waals surface area contributed by atoms with Gasteiger partial charge in [-0.1, -0.05) is 18.2 Å². The molecule has 60 valence electrons. The van der Waals surface area contributed by atoms with E-state index in [2.05, 4.69) is 4.84 Å². The number of halogens is 1. The minimum Gasteiger partial charge on any atom is -0.444 e. The SMILES string of the molecule is ClNc1ccccc1.O=N[O-].[Na+].